The van der Waals surface area contributed by atoms with Gasteiger partial charge >= 0.3 is 0 Å². The van der Waals surface area contributed by atoms with Crippen LogP contribution in [0.4, 0.5) is 0 Å². The minimum absolute atomic E-state index is 0.520. The fourth-order valence-corrected chi connectivity index (χ4v) is 3.58. The second-order valence-corrected chi connectivity index (χ2v) is 8.17. The van der Waals surface area contributed by atoms with E-state index in [-0.39, 0.29) is 0 Å². The summed E-state index contributed by atoms with van der Waals surface area (Å²) in [5, 5.41) is 0. The molecule has 0 saturated heterocycles. The average molecular weight is 423 g/mol. The lowest BCUT2D eigenvalue weighted by Crippen LogP contribution is -2.06. The van der Waals surface area contributed by atoms with Gasteiger partial charge in [0.15, 0.2) is 0 Å². The molecular formula is C26H46O4. The van der Waals surface area contributed by atoms with Gasteiger partial charge in [-0.2, -0.15) is 0 Å². The molecule has 0 aliphatic rings. The van der Waals surface area contributed by atoms with Crippen molar-refractivity contribution < 1.29 is 18.9 Å². The topological polar surface area (TPSA) is 36.9 Å². The summed E-state index contributed by atoms with van der Waals surface area (Å²) < 4.78 is 23.1. The van der Waals surface area contributed by atoms with Crippen LogP contribution in [0.15, 0.2) is 12.1 Å². The van der Waals surface area contributed by atoms with E-state index in [1.165, 1.54) is 64.2 Å². The van der Waals surface area contributed by atoms with Gasteiger partial charge in [0.1, 0.15) is 11.5 Å². The maximum absolute atomic E-state index is 6.13. The number of hydrogen-bond donors (Lipinski definition) is 0. The van der Waals surface area contributed by atoms with E-state index in [1.54, 1.807) is 14.2 Å². The van der Waals surface area contributed by atoms with E-state index in [1.807, 2.05) is 0 Å². The summed E-state index contributed by atoms with van der Waals surface area (Å²) in [6.45, 7) is 7.03. The van der Waals surface area contributed by atoms with Crippen LogP contribution in [0.1, 0.15) is 102 Å². The molecule has 0 N–H and O–H groups in total. The number of unbranched alkanes of at least 4 members (excludes halogenated alkanes) is 10. The zero-order valence-electron chi connectivity index (χ0n) is 20.1. The summed E-state index contributed by atoms with van der Waals surface area (Å²) in [6, 6.07) is 4.15. The molecule has 0 radical (unpaired) electrons. The first-order valence-electron chi connectivity index (χ1n) is 12.2. The van der Waals surface area contributed by atoms with Gasteiger partial charge in [-0.15, -0.1) is 0 Å². The van der Waals surface area contributed by atoms with Crippen LogP contribution in [-0.2, 0) is 22.7 Å². The van der Waals surface area contributed by atoms with E-state index >= 15 is 0 Å². The third-order valence-corrected chi connectivity index (χ3v) is 5.35. The molecular weight excluding hydrogens is 376 g/mol. The lowest BCUT2D eigenvalue weighted by atomic mass is 10.1. The fourth-order valence-electron chi connectivity index (χ4n) is 3.58. The first-order valence-corrected chi connectivity index (χ1v) is 12.2. The molecule has 0 atom stereocenters. The Kier molecular flexibility index (Phi) is 16.5. The third kappa shape index (κ3) is 11.8. The minimum atomic E-state index is 0.520. The molecule has 0 heterocycles. The van der Waals surface area contributed by atoms with Crippen molar-refractivity contribution in [3.8, 4) is 11.5 Å². The number of ether oxygens (including phenoxy) is 4. The van der Waals surface area contributed by atoms with Crippen molar-refractivity contribution in [2.45, 2.75) is 104 Å². The van der Waals surface area contributed by atoms with E-state index in [0.717, 1.165) is 48.7 Å². The molecule has 0 saturated carbocycles. The number of hydrogen-bond acceptors (Lipinski definition) is 4. The Bertz CT molecular complexity index is 482. The molecule has 1 aromatic rings. The zero-order valence-corrected chi connectivity index (χ0v) is 20.1. The Labute approximate surface area is 185 Å². The zero-order chi connectivity index (χ0) is 21.9. The highest BCUT2D eigenvalue weighted by Crippen LogP contribution is 2.31. The van der Waals surface area contributed by atoms with Gasteiger partial charge < -0.3 is 18.9 Å². The highest BCUT2D eigenvalue weighted by Gasteiger charge is 2.13. The van der Waals surface area contributed by atoms with Crippen LogP contribution in [0, 0.1) is 0 Å². The quantitative estimate of drug-likeness (QED) is 0.204. The highest BCUT2D eigenvalue weighted by atomic mass is 16.5. The summed E-state index contributed by atoms with van der Waals surface area (Å²) >= 11 is 0. The lowest BCUT2D eigenvalue weighted by molar-refractivity contribution is 0.173. The van der Waals surface area contributed by atoms with Crippen LogP contribution in [0.3, 0.4) is 0 Å². The van der Waals surface area contributed by atoms with Gasteiger partial charge in [0.05, 0.1) is 26.4 Å². The van der Waals surface area contributed by atoms with Crippen LogP contribution in [-0.4, -0.2) is 27.4 Å². The summed E-state index contributed by atoms with van der Waals surface area (Å²) in [4.78, 5) is 0. The van der Waals surface area contributed by atoms with Gasteiger partial charge in [-0.05, 0) is 25.0 Å². The van der Waals surface area contributed by atoms with Crippen molar-refractivity contribution in [2.75, 3.05) is 27.4 Å². The Balaban J connectivity index is 2.60. The number of methoxy groups -OCH3 is 2. The highest BCUT2D eigenvalue weighted by molar-refractivity contribution is 5.46. The molecule has 0 aliphatic carbocycles. The Morgan fingerprint density at radius 1 is 0.533 bits per heavy atom. The van der Waals surface area contributed by atoms with Crippen molar-refractivity contribution >= 4 is 0 Å². The van der Waals surface area contributed by atoms with Gasteiger partial charge in [0.2, 0.25) is 0 Å². The van der Waals surface area contributed by atoms with Crippen molar-refractivity contribution in [3.63, 3.8) is 0 Å². The molecule has 1 rings (SSSR count). The molecule has 0 bridgehead atoms. The molecule has 0 unspecified atom stereocenters. The van der Waals surface area contributed by atoms with Gasteiger partial charge in [-0.25, -0.2) is 0 Å². The molecule has 4 heteroatoms. The van der Waals surface area contributed by atoms with Crippen LogP contribution < -0.4 is 9.47 Å². The van der Waals surface area contributed by atoms with Gasteiger partial charge in [-0.1, -0.05) is 78.1 Å². The SMILES string of the molecule is CCCCCCCCOc1cc(COC)c(OCCCCCCCC)cc1COC. The largest absolute Gasteiger partial charge is 0.493 e. The molecule has 1 aromatic carbocycles. The molecule has 30 heavy (non-hydrogen) atoms. The predicted octanol–water partition coefficient (Wildman–Crippen LogP) is 7.46. The van der Waals surface area contributed by atoms with E-state index < -0.39 is 0 Å². The van der Waals surface area contributed by atoms with Gasteiger partial charge in [0, 0.05) is 25.3 Å². The van der Waals surface area contributed by atoms with Gasteiger partial charge in [0.25, 0.3) is 0 Å². The van der Waals surface area contributed by atoms with E-state index in [2.05, 4.69) is 26.0 Å². The molecule has 4 nitrogen and oxygen atoms in total. The Morgan fingerprint density at radius 2 is 0.900 bits per heavy atom. The third-order valence-electron chi connectivity index (χ3n) is 5.35. The van der Waals surface area contributed by atoms with Crippen molar-refractivity contribution in [1.29, 1.82) is 0 Å². The normalized spacial score (nSPS) is 11.1. The molecule has 174 valence electrons. The standard InChI is InChI=1S/C26H46O4/c1-5-7-9-11-13-15-17-29-25-19-24(22-28-4)26(20-23(25)21-27-3)30-18-16-14-12-10-8-6-2/h19-20H,5-18,21-22H2,1-4H3. The minimum Gasteiger partial charge on any atom is -0.493 e. The van der Waals surface area contributed by atoms with Crippen LogP contribution in [0.25, 0.3) is 0 Å². The summed E-state index contributed by atoms with van der Waals surface area (Å²) in [6.07, 6.45) is 15.1. The van der Waals surface area contributed by atoms with Crippen LogP contribution >= 0.6 is 0 Å². The summed E-state index contributed by atoms with van der Waals surface area (Å²) in [5.74, 6) is 1.79. The number of benzene rings is 1. The Morgan fingerprint density at radius 3 is 1.27 bits per heavy atom. The average Bonchev–Trinajstić information content (AvgIpc) is 2.75. The monoisotopic (exact) mass is 422 g/mol. The van der Waals surface area contributed by atoms with Crippen molar-refractivity contribution in [3.05, 3.63) is 23.3 Å². The summed E-state index contributed by atoms with van der Waals surface area (Å²) in [7, 11) is 3.44. The second kappa shape index (κ2) is 18.5. The van der Waals surface area contributed by atoms with Crippen molar-refractivity contribution in [1.82, 2.24) is 0 Å². The Hall–Kier alpha value is -1.26. The molecule has 0 fully saturated rings. The van der Waals surface area contributed by atoms with Crippen LogP contribution in [0.2, 0.25) is 0 Å². The maximum Gasteiger partial charge on any atom is 0.125 e. The summed E-state index contributed by atoms with van der Waals surface area (Å²) in [5.41, 5.74) is 2.09. The second-order valence-electron chi connectivity index (χ2n) is 8.17. The molecule has 0 spiro atoms. The molecule has 0 amide bonds. The van der Waals surface area contributed by atoms with Crippen molar-refractivity contribution in [2.24, 2.45) is 0 Å². The first kappa shape index (κ1) is 26.8. The fraction of sp³-hybridized carbons (Fsp3) is 0.769. The van der Waals surface area contributed by atoms with E-state index in [4.69, 9.17) is 18.9 Å². The lowest BCUT2D eigenvalue weighted by Gasteiger charge is -2.17. The molecule has 0 aliphatic heterocycles. The van der Waals surface area contributed by atoms with E-state index in [0.29, 0.717) is 13.2 Å². The first-order chi connectivity index (χ1) is 14.8. The van der Waals surface area contributed by atoms with Gasteiger partial charge in [-0.3, -0.25) is 0 Å². The van der Waals surface area contributed by atoms with Crippen LogP contribution in [0.5, 0.6) is 11.5 Å². The van der Waals surface area contributed by atoms with E-state index in [9.17, 15) is 0 Å². The smallest absolute Gasteiger partial charge is 0.125 e. The molecule has 0 aromatic heterocycles. The number of rotatable bonds is 20. The predicted molar refractivity (Wildman–Crippen MR) is 126 cm³/mol. The maximum atomic E-state index is 6.13.